The number of hydrogen-bond donors (Lipinski definition) is 1. The molecular formula is C11H15NO2. The van der Waals surface area contributed by atoms with Crippen molar-refractivity contribution in [3.05, 3.63) is 36.1 Å². The monoisotopic (exact) mass is 193 g/mol. The maximum Gasteiger partial charge on any atom is 0.296 e. The van der Waals surface area contributed by atoms with Gasteiger partial charge in [0, 0.05) is 5.57 Å². The fraction of sp³-hybridized carbons (Fsp3) is 0.273. The summed E-state index contributed by atoms with van der Waals surface area (Å²) in [5.41, 5.74) is 0.947. The number of carbonyl (C=O) groups excluding carboxylic acids is 2. The Morgan fingerprint density at radius 1 is 1.29 bits per heavy atom. The number of amides is 1. The van der Waals surface area contributed by atoms with Crippen LogP contribution in [0.3, 0.4) is 0 Å². The summed E-state index contributed by atoms with van der Waals surface area (Å²) in [6, 6.07) is 0. The molecule has 0 atom stereocenters. The first-order chi connectivity index (χ1) is 6.70. The number of nitrogens with one attached hydrogen (secondary N) is 1. The van der Waals surface area contributed by atoms with Gasteiger partial charge < -0.3 is 5.32 Å². The zero-order valence-electron chi connectivity index (χ0n) is 8.76. The zero-order chi connectivity index (χ0) is 11.1. The van der Waals surface area contributed by atoms with Gasteiger partial charge in [-0.15, -0.1) is 0 Å². The first kappa shape index (κ1) is 12.4. The lowest BCUT2D eigenvalue weighted by Crippen LogP contribution is -2.17. The molecule has 1 heterocycles. The maximum absolute atomic E-state index is 11.1. The van der Waals surface area contributed by atoms with Crippen LogP contribution >= 0.6 is 0 Å². The predicted molar refractivity (Wildman–Crippen MR) is 56.5 cm³/mol. The van der Waals surface area contributed by atoms with Crippen LogP contribution in [-0.4, -0.2) is 11.7 Å². The molecule has 1 rings (SSSR count). The molecule has 1 aliphatic rings. The molecule has 1 saturated heterocycles. The Hall–Kier alpha value is -1.64. The third kappa shape index (κ3) is 2.42. The molecule has 1 amide bonds. The fourth-order valence-corrected chi connectivity index (χ4v) is 1.03. The Balaban J connectivity index is 0.000000791. The van der Waals surface area contributed by atoms with Gasteiger partial charge in [-0.05, 0) is 13.0 Å². The van der Waals surface area contributed by atoms with Crippen LogP contribution in [0.5, 0.6) is 0 Å². The van der Waals surface area contributed by atoms with E-state index in [0.717, 1.165) is 0 Å². The van der Waals surface area contributed by atoms with E-state index in [9.17, 15) is 9.59 Å². The van der Waals surface area contributed by atoms with Crippen LogP contribution in [0.1, 0.15) is 20.8 Å². The van der Waals surface area contributed by atoms with Gasteiger partial charge in [0.05, 0.1) is 5.70 Å². The lowest BCUT2D eigenvalue weighted by Gasteiger charge is -1.93. The minimum Gasteiger partial charge on any atom is -0.318 e. The molecule has 3 heteroatoms. The number of ketones is 1. The first-order valence-corrected chi connectivity index (χ1v) is 4.55. The molecule has 0 spiro atoms. The van der Waals surface area contributed by atoms with Crippen molar-refractivity contribution in [2.75, 3.05) is 0 Å². The topological polar surface area (TPSA) is 46.2 Å². The van der Waals surface area contributed by atoms with E-state index in [4.69, 9.17) is 0 Å². The molecule has 0 aliphatic carbocycles. The first-order valence-electron chi connectivity index (χ1n) is 4.55. The van der Waals surface area contributed by atoms with E-state index >= 15 is 0 Å². The lowest BCUT2D eigenvalue weighted by molar-refractivity contribution is -0.133. The minimum atomic E-state index is -0.573. The predicted octanol–water partition coefficient (Wildman–Crippen LogP) is 1.73. The second-order valence-corrected chi connectivity index (χ2v) is 2.30. The summed E-state index contributed by atoms with van der Waals surface area (Å²) in [5, 5.41) is 2.44. The van der Waals surface area contributed by atoms with Gasteiger partial charge in [-0.25, -0.2) is 0 Å². The standard InChI is InChI=1S/C9H9NO2.C2H6/c1-3-5-7-6(4-2)8(11)9(12)10-7;1-2/h3-5H,1H2,2H3,(H,10,12);1-2H3/b6-4+,7-5+;. The third-order valence-corrected chi connectivity index (χ3v) is 1.56. The Bertz CT molecular complexity index is 311. The van der Waals surface area contributed by atoms with Crippen molar-refractivity contribution in [2.45, 2.75) is 20.8 Å². The van der Waals surface area contributed by atoms with Crippen molar-refractivity contribution in [1.82, 2.24) is 5.32 Å². The highest BCUT2D eigenvalue weighted by Gasteiger charge is 2.29. The molecule has 0 unspecified atom stereocenters. The van der Waals surface area contributed by atoms with Crippen LogP contribution in [0.25, 0.3) is 0 Å². The van der Waals surface area contributed by atoms with E-state index in [1.807, 2.05) is 13.8 Å². The molecule has 0 aromatic heterocycles. The average Bonchev–Trinajstić information content (AvgIpc) is 2.46. The highest BCUT2D eigenvalue weighted by atomic mass is 16.2. The number of carbonyl (C=O) groups is 2. The normalized spacial score (nSPS) is 20.5. The summed E-state index contributed by atoms with van der Waals surface area (Å²) in [6.45, 7) is 9.19. The maximum atomic E-state index is 11.1. The highest BCUT2D eigenvalue weighted by molar-refractivity contribution is 6.47. The summed E-state index contributed by atoms with van der Waals surface area (Å²) in [5.74, 6) is -1.05. The Labute approximate surface area is 84.2 Å². The van der Waals surface area contributed by atoms with E-state index in [1.165, 1.54) is 6.08 Å². The lowest BCUT2D eigenvalue weighted by atomic mass is 10.1. The second-order valence-electron chi connectivity index (χ2n) is 2.30. The number of allylic oxidation sites excluding steroid dienone is 4. The second kappa shape index (κ2) is 5.91. The van der Waals surface area contributed by atoms with Crippen LogP contribution < -0.4 is 5.32 Å². The van der Waals surface area contributed by atoms with Crippen LogP contribution in [0.4, 0.5) is 0 Å². The Morgan fingerprint density at radius 2 is 1.86 bits per heavy atom. The van der Waals surface area contributed by atoms with Crippen LogP contribution in [0, 0.1) is 0 Å². The van der Waals surface area contributed by atoms with E-state index in [0.29, 0.717) is 11.3 Å². The average molecular weight is 193 g/mol. The summed E-state index contributed by atoms with van der Waals surface area (Å²) >= 11 is 0. The summed E-state index contributed by atoms with van der Waals surface area (Å²) < 4.78 is 0. The third-order valence-electron chi connectivity index (χ3n) is 1.56. The van der Waals surface area contributed by atoms with Crippen molar-refractivity contribution < 1.29 is 9.59 Å². The van der Waals surface area contributed by atoms with Gasteiger partial charge in [-0.2, -0.15) is 0 Å². The van der Waals surface area contributed by atoms with E-state index in [2.05, 4.69) is 11.9 Å². The van der Waals surface area contributed by atoms with Crippen molar-refractivity contribution in [1.29, 1.82) is 0 Å². The highest BCUT2D eigenvalue weighted by Crippen LogP contribution is 2.14. The minimum absolute atomic E-state index is 0.417. The van der Waals surface area contributed by atoms with Gasteiger partial charge >= 0.3 is 0 Å². The van der Waals surface area contributed by atoms with Gasteiger partial charge in [0.1, 0.15) is 0 Å². The molecular weight excluding hydrogens is 178 g/mol. The largest absolute Gasteiger partial charge is 0.318 e. The number of Topliss-reactive ketones (excluding diaryl/α,β-unsaturated/α-hetero) is 1. The van der Waals surface area contributed by atoms with Gasteiger partial charge in [0.2, 0.25) is 0 Å². The molecule has 1 fully saturated rings. The molecule has 1 N–H and O–H groups in total. The van der Waals surface area contributed by atoms with Crippen molar-refractivity contribution in [3.63, 3.8) is 0 Å². The van der Waals surface area contributed by atoms with Crippen LogP contribution in [0.2, 0.25) is 0 Å². The van der Waals surface area contributed by atoms with Crippen molar-refractivity contribution in [3.8, 4) is 0 Å². The zero-order valence-corrected chi connectivity index (χ0v) is 8.76. The van der Waals surface area contributed by atoms with E-state index in [1.54, 1.807) is 19.1 Å². The molecule has 1 aliphatic heterocycles. The quantitative estimate of drug-likeness (QED) is 0.509. The SMILES string of the molecule is C=C/C=C1/NC(=O)C(=O)/C1=C/C.CC. The van der Waals surface area contributed by atoms with Gasteiger partial charge in [0.15, 0.2) is 0 Å². The smallest absolute Gasteiger partial charge is 0.296 e. The van der Waals surface area contributed by atoms with Crippen molar-refractivity contribution >= 4 is 11.7 Å². The van der Waals surface area contributed by atoms with E-state index in [-0.39, 0.29) is 0 Å². The van der Waals surface area contributed by atoms with Gasteiger partial charge in [0.25, 0.3) is 11.7 Å². The molecule has 0 aromatic rings. The summed E-state index contributed by atoms with van der Waals surface area (Å²) in [6.07, 6.45) is 4.73. The Kier molecular flexibility index (Phi) is 5.22. The number of hydrogen-bond acceptors (Lipinski definition) is 2. The molecule has 14 heavy (non-hydrogen) atoms. The van der Waals surface area contributed by atoms with Gasteiger partial charge in [-0.3, -0.25) is 9.59 Å². The molecule has 0 bridgehead atoms. The molecule has 0 saturated carbocycles. The van der Waals surface area contributed by atoms with Crippen molar-refractivity contribution in [2.24, 2.45) is 0 Å². The summed E-state index contributed by atoms with van der Waals surface area (Å²) in [7, 11) is 0. The fourth-order valence-electron chi connectivity index (χ4n) is 1.03. The molecule has 0 aromatic carbocycles. The van der Waals surface area contributed by atoms with Gasteiger partial charge in [-0.1, -0.05) is 32.6 Å². The van der Waals surface area contributed by atoms with Crippen LogP contribution in [0.15, 0.2) is 36.1 Å². The van der Waals surface area contributed by atoms with Crippen LogP contribution in [-0.2, 0) is 9.59 Å². The molecule has 3 nitrogen and oxygen atoms in total. The molecule has 0 radical (unpaired) electrons. The summed E-state index contributed by atoms with van der Waals surface area (Å²) in [4.78, 5) is 21.9. The number of rotatable bonds is 1. The Morgan fingerprint density at radius 3 is 2.29 bits per heavy atom. The van der Waals surface area contributed by atoms with E-state index < -0.39 is 11.7 Å². The molecule has 76 valence electrons.